The molecular formula is C20H26N4. The molecule has 4 heteroatoms. The summed E-state index contributed by atoms with van der Waals surface area (Å²) in [6, 6.07) is 17.1. The van der Waals surface area contributed by atoms with Crippen molar-refractivity contribution < 1.29 is 0 Å². The van der Waals surface area contributed by atoms with Crippen LogP contribution >= 0.6 is 0 Å². The molecule has 0 aliphatic carbocycles. The Hall–Kier alpha value is -2.29. The fourth-order valence-electron chi connectivity index (χ4n) is 2.51. The third kappa shape index (κ3) is 5.73. The van der Waals surface area contributed by atoms with Crippen LogP contribution in [0, 0.1) is 0 Å². The molecule has 0 aliphatic rings. The van der Waals surface area contributed by atoms with Gasteiger partial charge in [-0.2, -0.15) is 0 Å². The van der Waals surface area contributed by atoms with E-state index in [-0.39, 0.29) is 5.41 Å². The van der Waals surface area contributed by atoms with Gasteiger partial charge in [-0.25, -0.2) is 0 Å². The fourth-order valence-corrected chi connectivity index (χ4v) is 2.51. The smallest absolute Gasteiger partial charge is 0.0510 e. The fraction of sp³-hybridized carbons (Fsp3) is 0.400. The van der Waals surface area contributed by atoms with Gasteiger partial charge >= 0.3 is 0 Å². The van der Waals surface area contributed by atoms with Crippen molar-refractivity contribution in [2.24, 2.45) is 5.11 Å². The zero-order valence-corrected chi connectivity index (χ0v) is 14.8. The van der Waals surface area contributed by atoms with Crippen LogP contribution in [0.5, 0.6) is 0 Å². The Morgan fingerprint density at radius 2 is 1.50 bits per heavy atom. The minimum atomic E-state index is 0.205. The number of hydrogen-bond acceptors (Lipinski definition) is 2. The van der Waals surface area contributed by atoms with Crippen molar-refractivity contribution in [2.75, 3.05) is 6.54 Å². The third-order valence-electron chi connectivity index (χ3n) is 4.08. The van der Waals surface area contributed by atoms with Crippen LogP contribution in [0.4, 0.5) is 0 Å². The van der Waals surface area contributed by atoms with Gasteiger partial charge in [0.15, 0.2) is 0 Å². The average Bonchev–Trinajstić information content (AvgIpc) is 2.57. The monoisotopic (exact) mass is 322 g/mol. The Balaban J connectivity index is 1.75. The number of hydrogen-bond donors (Lipinski definition) is 1. The van der Waals surface area contributed by atoms with E-state index < -0.39 is 0 Å². The quantitative estimate of drug-likeness (QED) is 0.327. The minimum Gasteiger partial charge on any atom is -0.312 e. The molecule has 0 spiro atoms. The first-order valence-electron chi connectivity index (χ1n) is 8.38. The lowest BCUT2D eigenvalue weighted by molar-refractivity contribution is 0.589. The maximum absolute atomic E-state index is 8.32. The van der Waals surface area contributed by atoms with E-state index in [1.807, 2.05) is 12.1 Å². The van der Waals surface area contributed by atoms with Crippen molar-refractivity contribution in [3.63, 3.8) is 0 Å². The molecule has 0 fully saturated rings. The molecule has 0 unspecified atom stereocenters. The van der Waals surface area contributed by atoms with E-state index in [0.717, 1.165) is 25.1 Å². The summed E-state index contributed by atoms with van der Waals surface area (Å²) in [5.41, 5.74) is 13.5. The van der Waals surface area contributed by atoms with E-state index >= 15 is 0 Å². The van der Waals surface area contributed by atoms with Gasteiger partial charge in [0.25, 0.3) is 0 Å². The van der Waals surface area contributed by atoms with Gasteiger partial charge in [-0.05, 0) is 46.2 Å². The van der Waals surface area contributed by atoms with Crippen LogP contribution in [-0.2, 0) is 24.9 Å². The topological polar surface area (TPSA) is 60.8 Å². The molecule has 0 heterocycles. The highest BCUT2D eigenvalue weighted by Gasteiger charge is 2.12. The summed E-state index contributed by atoms with van der Waals surface area (Å²) >= 11 is 0. The number of benzene rings is 2. The van der Waals surface area contributed by atoms with E-state index in [2.05, 4.69) is 72.5 Å². The molecule has 2 rings (SSSR count). The van der Waals surface area contributed by atoms with Gasteiger partial charge in [-0.3, -0.25) is 0 Å². The average molecular weight is 322 g/mol. The minimum absolute atomic E-state index is 0.205. The molecule has 24 heavy (non-hydrogen) atoms. The first-order chi connectivity index (χ1) is 11.5. The number of nitrogens with one attached hydrogen (secondary N) is 1. The molecular weight excluding hydrogens is 296 g/mol. The van der Waals surface area contributed by atoms with Crippen LogP contribution in [0.2, 0.25) is 0 Å². The summed E-state index contributed by atoms with van der Waals surface area (Å²) in [5, 5.41) is 7.06. The lowest BCUT2D eigenvalue weighted by Crippen LogP contribution is -2.17. The highest BCUT2D eigenvalue weighted by molar-refractivity contribution is 5.27. The predicted molar refractivity (Wildman–Crippen MR) is 99.8 cm³/mol. The zero-order chi connectivity index (χ0) is 17.4. The van der Waals surface area contributed by atoms with Crippen LogP contribution in [0.15, 0.2) is 53.6 Å². The Morgan fingerprint density at radius 3 is 2.08 bits per heavy atom. The number of azide groups is 1. The molecule has 0 bridgehead atoms. The molecule has 0 aliphatic heterocycles. The first kappa shape index (κ1) is 18.1. The van der Waals surface area contributed by atoms with E-state index in [0.29, 0.717) is 6.54 Å². The van der Waals surface area contributed by atoms with Crippen LogP contribution in [0.25, 0.3) is 10.4 Å². The number of rotatable bonds is 7. The molecule has 0 atom stereocenters. The summed E-state index contributed by atoms with van der Waals surface area (Å²) in [6.07, 6.45) is 0.988. The SMILES string of the molecule is CC(C)(C)c1ccc(CNCCc2ccc(CN=[N+]=[N-])cc2)cc1. The predicted octanol–water partition coefficient (Wildman–Crippen LogP) is 5.13. The van der Waals surface area contributed by atoms with Gasteiger partial charge in [-0.1, -0.05) is 74.4 Å². The normalized spacial score (nSPS) is 11.1. The van der Waals surface area contributed by atoms with E-state index in [9.17, 15) is 0 Å². The van der Waals surface area contributed by atoms with Gasteiger partial charge in [0.1, 0.15) is 0 Å². The van der Waals surface area contributed by atoms with Gasteiger partial charge in [-0.15, -0.1) is 0 Å². The van der Waals surface area contributed by atoms with Crippen LogP contribution in [0.3, 0.4) is 0 Å². The standard InChI is InChI=1S/C20H26N4/c1-20(2,3)19-10-8-17(9-11-19)14-22-13-12-16-4-6-18(7-5-16)15-23-24-21/h4-11,22H,12-15H2,1-3H3. The van der Waals surface area contributed by atoms with Crippen LogP contribution < -0.4 is 5.32 Å². The van der Waals surface area contributed by atoms with Crippen molar-refractivity contribution in [1.29, 1.82) is 0 Å². The molecule has 4 nitrogen and oxygen atoms in total. The summed E-state index contributed by atoms with van der Waals surface area (Å²) in [4.78, 5) is 2.78. The molecule has 126 valence electrons. The number of nitrogens with zero attached hydrogens (tertiary/aromatic N) is 3. The Bertz CT molecular complexity index is 675. The van der Waals surface area contributed by atoms with Gasteiger partial charge < -0.3 is 5.32 Å². The Morgan fingerprint density at radius 1 is 0.917 bits per heavy atom. The largest absolute Gasteiger partial charge is 0.312 e. The van der Waals surface area contributed by atoms with Gasteiger partial charge in [0.05, 0.1) is 6.54 Å². The highest BCUT2D eigenvalue weighted by Crippen LogP contribution is 2.22. The first-order valence-corrected chi connectivity index (χ1v) is 8.38. The van der Waals surface area contributed by atoms with E-state index in [1.165, 1.54) is 16.7 Å². The summed E-state index contributed by atoms with van der Waals surface area (Å²) in [6.45, 7) is 8.95. The summed E-state index contributed by atoms with van der Waals surface area (Å²) in [5.74, 6) is 0. The third-order valence-corrected chi connectivity index (χ3v) is 4.08. The van der Waals surface area contributed by atoms with Crippen molar-refractivity contribution in [3.05, 3.63) is 81.2 Å². The van der Waals surface area contributed by atoms with Gasteiger partial charge in [0.2, 0.25) is 0 Å². The maximum Gasteiger partial charge on any atom is 0.0510 e. The Labute approximate surface area is 144 Å². The lowest BCUT2D eigenvalue weighted by Gasteiger charge is -2.19. The molecule has 1 N–H and O–H groups in total. The van der Waals surface area contributed by atoms with Crippen molar-refractivity contribution in [1.82, 2.24) is 5.32 Å². The highest BCUT2D eigenvalue weighted by atomic mass is 15.1. The summed E-state index contributed by atoms with van der Waals surface area (Å²) < 4.78 is 0. The Kier molecular flexibility index (Phi) is 6.42. The van der Waals surface area contributed by atoms with Crippen molar-refractivity contribution in [2.45, 2.75) is 45.7 Å². The van der Waals surface area contributed by atoms with Crippen LogP contribution in [-0.4, -0.2) is 6.54 Å². The van der Waals surface area contributed by atoms with Gasteiger partial charge in [0, 0.05) is 11.5 Å². The molecule has 0 aromatic heterocycles. The molecule has 2 aromatic carbocycles. The van der Waals surface area contributed by atoms with Crippen molar-refractivity contribution in [3.8, 4) is 0 Å². The second kappa shape index (κ2) is 8.53. The summed E-state index contributed by atoms with van der Waals surface area (Å²) in [7, 11) is 0. The molecule has 0 radical (unpaired) electrons. The second-order valence-corrected chi connectivity index (χ2v) is 7.08. The molecule has 0 saturated carbocycles. The zero-order valence-electron chi connectivity index (χ0n) is 14.8. The van der Waals surface area contributed by atoms with Crippen molar-refractivity contribution >= 4 is 0 Å². The van der Waals surface area contributed by atoms with E-state index in [4.69, 9.17) is 5.53 Å². The molecule has 0 amide bonds. The molecule has 2 aromatic rings. The maximum atomic E-state index is 8.32. The van der Waals surface area contributed by atoms with E-state index in [1.54, 1.807) is 0 Å². The molecule has 0 saturated heterocycles. The van der Waals surface area contributed by atoms with Crippen LogP contribution in [0.1, 0.15) is 43.0 Å². The second-order valence-electron chi connectivity index (χ2n) is 7.08. The lowest BCUT2D eigenvalue weighted by atomic mass is 9.87.